The van der Waals surface area contributed by atoms with E-state index in [1.165, 1.54) is 14.0 Å². The van der Waals surface area contributed by atoms with Crippen molar-refractivity contribution in [3.63, 3.8) is 0 Å². The topological polar surface area (TPSA) is 42.2 Å². The second kappa shape index (κ2) is 12.4. The summed E-state index contributed by atoms with van der Waals surface area (Å²) in [6.07, 6.45) is -3.50. The largest absolute Gasteiger partial charge is 0.417 e. The number of rotatable bonds is 13. The zero-order valence-corrected chi connectivity index (χ0v) is 25.7. The Labute approximate surface area is 220 Å². The number of hydrogen-bond acceptors (Lipinski definition) is 3. The van der Waals surface area contributed by atoms with Crippen molar-refractivity contribution < 1.29 is 22.6 Å². The van der Waals surface area contributed by atoms with Gasteiger partial charge in [-0.1, -0.05) is 89.5 Å². The Kier molecular flexibility index (Phi) is 12.1. The Morgan fingerprint density at radius 3 is 1.64 bits per heavy atom. The van der Waals surface area contributed by atoms with Gasteiger partial charge >= 0.3 is 6.18 Å². The minimum atomic E-state index is -4.56. The molecule has 0 aromatic carbocycles. The van der Waals surface area contributed by atoms with Crippen LogP contribution in [0.4, 0.5) is 13.2 Å². The normalized spacial score (nSPS) is 19.2. The van der Waals surface area contributed by atoms with Gasteiger partial charge in [-0.05, 0) is 60.2 Å². The molecule has 0 aliphatic carbocycles. The number of alkyl halides is 3. The lowest BCUT2D eigenvalue weighted by Gasteiger charge is -2.56. The molecule has 3 nitrogen and oxygen atoms in total. The van der Waals surface area contributed by atoms with Crippen LogP contribution in [-0.2, 0) is 9.47 Å². The molecule has 0 radical (unpaired) electrons. The molecular weight excluding hydrogens is 463 g/mol. The van der Waals surface area contributed by atoms with Crippen molar-refractivity contribution in [2.24, 2.45) is 39.4 Å². The molecule has 0 spiro atoms. The molecule has 0 rings (SSSR count). The quantitative estimate of drug-likeness (QED) is 0.227. The van der Waals surface area contributed by atoms with E-state index in [1.807, 2.05) is 6.92 Å². The van der Waals surface area contributed by atoms with Gasteiger partial charge in [-0.2, -0.15) is 18.4 Å². The fourth-order valence-electron chi connectivity index (χ4n) is 5.71. The van der Waals surface area contributed by atoms with E-state index in [9.17, 15) is 5.26 Å². The fourth-order valence-corrected chi connectivity index (χ4v) is 5.71. The smallest absolute Gasteiger partial charge is 0.356 e. The average molecular weight is 520 g/mol. The van der Waals surface area contributed by atoms with Crippen LogP contribution in [0, 0.1) is 50.7 Å². The molecule has 0 aliphatic rings. The summed E-state index contributed by atoms with van der Waals surface area (Å²) in [5, 5.41) is 9.98. The van der Waals surface area contributed by atoms with Gasteiger partial charge in [0, 0.05) is 13.0 Å². The fraction of sp³-hybridized carbons (Fsp3) is 0.967. The van der Waals surface area contributed by atoms with Gasteiger partial charge in [0.1, 0.15) is 0 Å². The molecule has 5 atom stereocenters. The van der Waals surface area contributed by atoms with Crippen molar-refractivity contribution in [2.45, 2.75) is 140 Å². The van der Waals surface area contributed by atoms with E-state index < -0.39 is 34.8 Å². The minimum absolute atomic E-state index is 0.186. The van der Waals surface area contributed by atoms with Crippen LogP contribution in [0.5, 0.6) is 0 Å². The van der Waals surface area contributed by atoms with Gasteiger partial charge in [0.25, 0.3) is 0 Å². The number of halogens is 3. The van der Waals surface area contributed by atoms with Crippen LogP contribution >= 0.6 is 0 Å². The van der Waals surface area contributed by atoms with Gasteiger partial charge in [-0.3, -0.25) is 0 Å². The summed E-state index contributed by atoms with van der Waals surface area (Å²) in [5.74, 6) is -1.29. The molecule has 0 fully saturated rings. The molecule has 0 aromatic rings. The van der Waals surface area contributed by atoms with Gasteiger partial charge in [0.05, 0.1) is 12.0 Å². The van der Waals surface area contributed by atoms with E-state index >= 15 is 13.2 Å². The van der Waals surface area contributed by atoms with E-state index in [-0.39, 0.29) is 29.1 Å². The third kappa shape index (κ3) is 8.35. The van der Waals surface area contributed by atoms with Crippen LogP contribution in [0.25, 0.3) is 0 Å². The van der Waals surface area contributed by atoms with Crippen LogP contribution in [-0.4, -0.2) is 25.2 Å². The molecule has 0 amide bonds. The van der Waals surface area contributed by atoms with E-state index in [1.54, 1.807) is 6.92 Å². The lowest BCUT2D eigenvalue weighted by atomic mass is 9.50. The third-order valence-electron chi connectivity index (χ3n) is 8.82. The second-order valence-corrected chi connectivity index (χ2v) is 14.3. The number of nitriles is 1. The maximum absolute atomic E-state index is 15.1. The van der Waals surface area contributed by atoms with Crippen molar-refractivity contribution in [1.29, 1.82) is 5.26 Å². The number of methoxy groups -OCH3 is 1. The zero-order valence-electron chi connectivity index (χ0n) is 25.7. The first kappa shape index (κ1) is 35.2. The van der Waals surface area contributed by atoms with Crippen molar-refractivity contribution in [1.82, 2.24) is 0 Å². The molecule has 0 aliphatic heterocycles. The van der Waals surface area contributed by atoms with Gasteiger partial charge in [0.2, 0.25) is 0 Å². The van der Waals surface area contributed by atoms with E-state index in [0.29, 0.717) is 25.7 Å². The highest BCUT2D eigenvalue weighted by Crippen LogP contribution is 2.60. The van der Waals surface area contributed by atoms with Crippen LogP contribution in [0.3, 0.4) is 0 Å². The van der Waals surface area contributed by atoms with Crippen molar-refractivity contribution in [2.75, 3.05) is 7.11 Å². The van der Waals surface area contributed by atoms with E-state index in [4.69, 9.17) is 9.47 Å². The average Bonchev–Trinajstić information content (AvgIpc) is 2.70. The Balaban J connectivity index is 7.16. The summed E-state index contributed by atoms with van der Waals surface area (Å²) in [4.78, 5) is 0. The summed E-state index contributed by atoms with van der Waals surface area (Å²) in [5.41, 5.74) is -3.67. The highest BCUT2D eigenvalue weighted by atomic mass is 19.4. The number of ether oxygens (including phenoxy) is 2. The van der Waals surface area contributed by atoms with Crippen LogP contribution in [0.1, 0.15) is 122 Å². The van der Waals surface area contributed by atoms with Crippen LogP contribution < -0.4 is 0 Å². The van der Waals surface area contributed by atoms with Crippen molar-refractivity contribution >= 4 is 0 Å². The summed E-state index contributed by atoms with van der Waals surface area (Å²) < 4.78 is 56.4. The molecule has 36 heavy (non-hydrogen) atoms. The van der Waals surface area contributed by atoms with E-state index in [0.717, 1.165) is 0 Å². The van der Waals surface area contributed by atoms with Gasteiger partial charge in [-0.25, -0.2) is 0 Å². The maximum atomic E-state index is 15.1. The third-order valence-corrected chi connectivity index (χ3v) is 8.82. The molecule has 0 saturated carbocycles. The first-order chi connectivity index (χ1) is 16.0. The summed E-state index contributed by atoms with van der Waals surface area (Å²) in [7, 11) is 1.38. The highest BCUT2D eigenvalue weighted by molar-refractivity contribution is 5.06. The first-order valence-corrected chi connectivity index (χ1v) is 13.6. The Morgan fingerprint density at radius 2 is 1.33 bits per heavy atom. The second-order valence-electron chi connectivity index (χ2n) is 14.3. The van der Waals surface area contributed by atoms with Crippen LogP contribution in [0.2, 0.25) is 0 Å². The molecule has 5 unspecified atom stereocenters. The standard InChI is InChI=1S/C30H56F3NO2/c1-15-17-23(29(16-2,30(31,32)33)36-21(3)35-14)24(19-25(4,5)6)28(12,13)27(10,11)18-22(20-34)26(7,8)9/h21-24H,15-19H2,1-14H3. The molecular formula is C30H56F3NO2. The predicted molar refractivity (Wildman–Crippen MR) is 143 cm³/mol. The number of hydrogen-bond donors (Lipinski definition) is 0. The van der Waals surface area contributed by atoms with Gasteiger partial charge < -0.3 is 9.47 Å². The Hall–Kier alpha value is -0.800. The zero-order chi connectivity index (χ0) is 29.0. The summed E-state index contributed by atoms with van der Waals surface area (Å²) in [6.45, 7) is 26.0. The van der Waals surface area contributed by atoms with Gasteiger partial charge in [-0.15, -0.1) is 0 Å². The summed E-state index contributed by atoms with van der Waals surface area (Å²) in [6, 6.07) is 2.49. The molecule has 6 heteroatoms. The van der Waals surface area contributed by atoms with Gasteiger partial charge in [0.15, 0.2) is 11.9 Å². The highest BCUT2D eigenvalue weighted by Gasteiger charge is 2.64. The molecule has 214 valence electrons. The predicted octanol–water partition coefficient (Wildman–Crippen LogP) is 9.80. The maximum Gasteiger partial charge on any atom is 0.417 e. The summed E-state index contributed by atoms with van der Waals surface area (Å²) >= 11 is 0. The molecule has 0 aromatic heterocycles. The Bertz CT molecular complexity index is 710. The molecule has 0 heterocycles. The van der Waals surface area contributed by atoms with Crippen molar-refractivity contribution in [3.8, 4) is 6.07 Å². The monoisotopic (exact) mass is 519 g/mol. The molecule has 0 bridgehead atoms. The van der Waals surface area contributed by atoms with Crippen LogP contribution in [0.15, 0.2) is 0 Å². The SMILES string of the molecule is CCCC(C(CC(C)(C)C)C(C)(C)C(C)(C)CC(C#N)C(C)(C)C)C(CC)(OC(C)OC)C(F)(F)F. The minimum Gasteiger partial charge on any atom is -0.356 e. The lowest BCUT2D eigenvalue weighted by molar-refractivity contribution is -0.346. The number of nitrogens with zero attached hydrogens (tertiary/aromatic N) is 1. The lowest BCUT2D eigenvalue weighted by Crippen LogP contribution is -2.60. The van der Waals surface area contributed by atoms with Crippen molar-refractivity contribution in [3.05, 3.63) is 0 Å². The first-order valence-electron chi connectivity index (χ1n) is 13.6. The van der Waals surface area contributed by atoms with E-state index in [2.05, 4.69) is 75.3 Å². The molecule has 0 saturated heterocycles. The molecule has 0 N–H and O–H groups in total. The Morgan fingerprint density at radius 1 is 0.833 bits per heavy atom.